The lowest BCUT2D eigenvalue weighted by atomic mass is 9.96. The van der Waals surface area contributed by atoms with Crippen LogP contribution in [0.3, 0.4) is 0 Å². The summed E-state index contributed by atoms with van der Waals surface area (Å²) in [5.74, 6) is -1.88. The molecule has 0 aliphatic heterocycles. The first kappa shape index (κ1) is 13.9. The van der Waals surface area contributed by atoms with Crippen LogP contribution in [0.5, 0.6) is 0 Å². The highest BCUT2D eigenvalue weighted by Crippen LogP contribution is 2.39. The molecule has 1 aliphatic carbocycles. The van der Waals surface area contributed by atoms with Crippen LogP contribution in [-0.4, -0.2) is 23.2 Å². The molecule has 0 heterocycles. The SMILES string of the molecule is Cc1cc(F)c(C(=O)NC(C)(CO)C2CC2)cc1F. The lowest BCUT2D eigenvalue weighted by Crippen LogP contribution is -2.51. The average molecular weight is 269 g/mol. The summed E-state index contributed by atoms with van der Waals surface area (Å²) in [5, 5.41) is 12.0. The van der Waals surface area contributed by atoms with E-state index < -0.39 is 23.1 Å². The molecule has 104 valence electrons. The van der Waals surface area contributed by atoms with Crippen molar-refractivity contribution in [2.75, 3.05) is 6.61 Å². The van der Waals surface area contributed by atoms with E-state index in [-0.39, 0.29) is 23.7 Å². The Balaban J connectivity index is 2.22. The smallest absolute Gasteiger partial charge is 0.254 e. The van der Waals surface area contributed by atoms with Crippen LogP contribution in [0.2, 0.25) is 0 Å². The Hall–Kier alpha value is -1.49. The molecule has 0 saturated heterocycles. The summed E-state index contributed by atoms with van der Waals surface area (Å²) in [6.45, 7) is 2.92. The predicted molar refractivity (Wildman–Crippen MR) is 66.8 cm³/mol. The molecule has 0 bridgehead atoms. The number of carbonyl (C=O) groups excluding carboxylic acids is 1. The Morgan fingerprint density at radius 3 is 2.58 bits per heavy atom. The topological polar surface area (TPSA) is 49.3 Å². The van der Waals surface area contributed by atoms with E-state index in [4.69, 9.17) is 0 Å². The maximum absolute atomic E-state index is 13.7. The summed E-state index contributed by atoms with van der Waals surface area (Å²) >= 11 is 0. The lowest BCUT2D eigenvalue weighted by molar-refractivity contribution is 0.0820. The molecule has 2 rings (SSSR count). The third-order valence-electron chi connectivity index (χ3n) is 3.70. The third kappa shape index (κ3) is 2.76. The van der Waals surface area contributed by atoms with Crippen LogP contribution in [0.1, 0.15) is 35.7 Å². The zero-order valence-electron chi connectivity index (χ0n) is 11.0. The van der Waals surface area contributed by atoms with E-state index >= 15 is 0 Å². The van der Waals surface area contributed by atoms with Crippen molar-refractivity contribution in [3.05, 3.63) is 34.9 Å². The van der Waals surface area contributed by atoms with E-state index in [1.807, 2.05) is 0 Å². The second-order valence-corrected chi connectivity index (χ2v) is 5.39. The number of nitrogens with one attached hydrogen (secondary N) is 1. The van der Waals surface area contributed by atoms with Crippen molar-refractivity contribution in [1.29, 1.82) is 0 Å². The predicted octanol–water partition coefficient (Wildman–Crippen LogP) is 2.16. The second-order valence-electron chi connectivity index (χ2n) is 5.39. The number of aliphatic hydroxyl groups is 1. The number of amides is 1. The van der Waals surface area contributed by atoms with E-state index in [0.717, 1.165) is 25.0 Å². The van der Waals surface area contributed by atoms with E-state index in [1.54, 1.807) is 6.92 Å². The number of halogens is 2. The zero-order valence-corrected chi connectivity index (χ0v) is 11.0. The molecular formula is C14H17F2NO2. The fraction of sp³-hybridized carbons (Fsp3) is 0.500. The molecule has 5 heteroatoms. The molecule has 1 fully saturated rings. The van der Waals surface area contributed by atoms with Gasteiger partial charge in [0.1, 0.15) is 11.6 Å². The highest BCUT2D eigenvalue weighted by atomic mass is 19.1. The van der Waals surface area contributed by atoms with Crippen LogP contribution in [0.25, 0.3) is 0 Å². The van der Waals surface area contributed by atoms with Gasteiger partial charge >= 0.3 is 0 Å². The van der Waals surface area contributed by atoms with Gasteiger partial charge in [0.15, 0.2) is 0 Å². The quantitative estimate of drug-likeness (QED) is 0.880. The number of carbonyl (C=O) groups is 1. The number of hydrogen-bond donors (Lipinski definition) is 2. The lowest BCUT2D eigenvalue weighted by Gasteiger charge is -2.28. The van der Waals surface area contributed by atoms with Crippen LogP contribution >= 0.6 is 0 Å². The fourth-order valence-electron chi connectivity index (χ4n) is 2.14. The largest absolute Gasteiger partial charge is 0.394 e. The molecule has 3 nitrogen and oxygen atoms in total. The van der Waals surface area contributed by atoms with Crippen LogP contribution in [0.15, 0.2) is 12.1 Å². The molecule has 1 unspecified atom stereocenters. The minimum Gasteiger partial charge on any atom is -0.394 e. The van der Waals surface area contributed by atoms with E-state index in [9.17, 15) is 18.7 Å². The van der Waals surface area contributed by atoms with E-state index in [2.05, 4.69) is 5.32 Å². The molecule has 0 spiro atoms. The van der Waals surface area contributed by atoms with Gasteiger partial charge in [-0.3, -0.25) is 4.79 Å². The van der Waals surface area contributed by atoms with Gasteiger partial charge in [-0.05, 0) is 50.3 Å². The molecule has 1 aromatic rings. The van der Waals surface area contributed by atoms with E-state index in [0.29, 0.717) is 0 Å². The number of rotatable bonds is 4. The van der Waals surface area contributed by atoms with Gasteiger partial charge in [0.05, 0.1) is 17.7 Å². The van der Waals surface area contributed by atoms with Crippen LogP contribution in [0.4, 0.5) is 8.78 Å². The monoisotopic (exact) mass is 269 g/mol. The molecule has 0 radical (unpaired) electrons. The fourth-order valence-corrected chi connectivity index (χ4v) is 2.14. The highest BCUT2D eigenvalue weighted by Gasteiger charge is 2.42. The maximum Gasteiger partial charge on any atom is 0.254 e. The van der Waals surface area contributed by atoms with Gasteiger partial charge in [0.25, 0.3) is 5.91 Å². The van der Waals surface area contributed by atoms with Crippen molar-refractivity contribution in [1.82, 2.24) is 5.32 Å². The van der Waals surface area contributed by atoms with Crippen molar-refractivity contribution in [3.63, 3.8) is 0 Å². The van der Waals surface area contributed by atoms with Gasteiger partial charge in [-0.15, -0.1) is 0 Å². The molecule has 0 aromatic heterocycles. The number of aliphatic hydroxyl groups excluding tert-OH is 1. The summed E-state index contributed by atoms with van der Waals surface area (Å²) in [7, 11) is 0. The molecule has 19 heavy (non-hydrogen) atoms. The Kier molecular flexibility index (Phi) is 3.58. The Morgan fingerprint density at radius 2 is 2.05 bits per heavy atom. The number of benzene rings is 1. The van der Waals surface area contributed by atoms with E-state index in [1.165, 1.54) is 6.92 Å². The summed E-state index contributed by atoms with van der Waals surface area (Å²) < 4.78 is 27.1. The normalized spacial score (nSPS) is 17.9. The first-order valence-corrected chi connectivity index (χ1v) is 6.26. The Labute approximate surface area is 110 Å². The first-order valence-electron chi connectivity index (χ1n) is 6.26. The van der Waals surface area contributed by atoms with Gasteiger partial charge in [0, 0.05) is 0 Å². The van der Waals surface area contributed by atoms with Crippen molar-refractivity contribution in [3.8, 4) is 0 Å². The molecule has 1 aliphatic rings. The van der Waals surface area contributed by atoms with Crippen LogP contribution in [-0.2, 0) is 0 Å². The van der Waals surface area contributed by atoms with Crippen molar-refractivity contribution in [2.45, 2.75) is 32.2 Å². The minimum absolute atomic E-state index is 0.154. The second kappa shape index (κ2) is 4.89. The van der Waals surface area contributed by atoms with Crippen LogP contribution < -0.4 is 5.32 Å². The first-order chi connectivity index (χ1) is 8.87. The maximum atomic E-state index is 13.7. The summed E-state index contributed by atoms with van der Waals surface area (Å²) in [6.07, 6.45) is 1.84. The van der Waals surface area contributed by atoms with Gasteiger partial charge in [-0.1, -0.05) is 0 Å². The summed E-state index contributed by atoms with van der Waals surface area (Å²) in [5.41, 5.74) is -0.949. The standard InChI is InChI=1S/C14H17F2NO2/c1-8-5-12(16)10(6-11(8)15)13(19)17-14(2,7-18)9-3-4-9/h5-6,9,18H,3-4,7H2,1-2H3,(H,17,19). The molecule has 1 atom stereocenters. The van der Waals surface area contributed by atoms with Crippen molar-refractivity contribution in [2.24, 2.45) is 5.92 Å². The van der Waals surface area contributed by atoms with Crippen molar-refractivity contribution >= 4 is 5.91 Å². The van der Waals surface area contributed by atoms with Gasteiger partial charge in [-0.25, -0.2) is 8.78 Å². The van der Waals surface area contributed by atoms with Crippen molar-refractivity contribution < 1.29 is 18.7 Å². The minimum atomic E-state index is -0.773. The molecule has 2 N–H and O–H groups in total. The Morgan fingerprint density at radius 1 is 1.42 bits per heavy atom. The van der Waals surface area contributed by atoms with Gasteiger partial charge in [-0.2, -0.15) is 0 Å². The summed E-state index contributed by atoms with van der Waals surface area (Å²) in [4.78, 5) is 12.0. The number of hydrogen-bond acceptors (Lipinski definition) is 2. The van der Waals surface area contributed by atoms with Gasteiger partial charge in [0.2, 0.25) is 0 Å². The Bertz CT molecular complexity index is 514. The highest BCUT2D eigenvalue weighted by molar-refractivity contribution is 5.95. The van der Waals surface area contributed by atoms with Crippen LogP contribution in [0, 0.1) is 24.5 Å². The zero-order chi connectivity index (χ0) is 14.2. The summed E-state index contributed by atoms with van der Waals surface area (Å²) in [6, 6.07) is 1.89. The molecular weight excluding hydrogens is 252 g/mol. The third-order valence-corrected chi connectivity index (χ3v) is 3.70. The number of aryl methyl sites for hydroxylation is 1. The van der Waals surface area contributed by atoms with Gasteiger partial charge < -0.3 is 10.4 Å². The molecule has 1 saturated carbocycles. The molecule has 1 amide bonds. The average Bonchev–Trinajstić information content (AvgIpc) is 3.17. The molecule has 1 aromatic carbocycles.